The molecule has 0 bridgehead atoms. The van der Waals surface area contributed by atoms with Gasteiger partial charge in [0.15, 0.2) is 0 Å². The maximum absolute atomic E-state index is 12.5. The molecule has 1 amide bonds. The van der Waals surface area contributed by atoms with Crippen molar-refractivity contribution in [1.29, 1.82) is 0 Å². The number of nitro benzene ring substituents is 1. The Balaban J connectivity index is 2.38. The van der Waals surface area contributed by atoms with Crippen LogP contribution in [0.5, 0.6) is 0 Å². The first kappa shape index (κ1) is 15.2. The molecule has 0 aliphatic rings. The third kappa shape index (κ3) is 3.11. The molecule has 0 aliphatic heterocycles. The number of hydrogen-bond acceptors (Lipinski definition) is 3. The number of halogens is 1. The molecule has 0 atom stereocenters. The summed E-state index contributed by atoms with van der Waals surface area (Å²) in [6.45, 7) is 1.96. The number of nitrogens with zero attached hydrogens (tertiary/aromatic N) is 2. The molecule has 0 spiro atoms. The van der Waals surface area contributed by atoms with E-state index in [4.69, 9.17) is 0 Å². The smallest absolute Gasteiger partial charge is 0.284 e. The van der Waals surface area contributed by atoms with Crippen LogP contribution in [0.4, 0.5) is 11.4 Å². The Morgan fingerprint density at radius 2 is 1.81 bits per heavy atom. The third-order valence-electron chi connectivity index (χ3n) is 3.13. The lowest BCUT2D eigenvalue weighted by Crippen LogP contribution is -2.26. The fourth-order valence-electron chi connectivity index (χ4n) is 1.89. The Hall–Kier alpha value is -2.21. The lowest BCUT2D eigenvalue weighted by molar-refractivity contribution is -0.385. The van der Waals surface area contributed by atoms with Gasteiger partial charge in [-0.2, -0.15) is 0 Å². The standard InChI is InChI=1S/C15H13BrN2O3/c1-10-6-8-11(9-7-10)17(2)15(19)12-4-3-5-13(14(12)16)18(20)21/h3-9H,1-2H3. The summed E-state index contributed by atoms with van der Waals surface area (Å²) in [6.07, 6.45) is 0. The minimum Gasteiger partial charge on any atom is -0.311 e. The zero-order chi connectivity index (χ0) is 15.6. The highest BCUT2D eigenvalue weighted by Gasteiger charge is 2.22. The quantitative estimate of drug-likeness (QED) is 0.623. The maximum atomic E-state index is 12.5. The van der Waals surface area contributed by atoms with Gasteiger partial charge < -0.3 is 4.90 Å². The van der Waals surface area contributed by atoms with Gasteiger partial charge in [-0.05, 0) is 41.1 Å². The second-order valence-corrected chi connectivity index (χ2v) is 5.39. The number of carbonyl (C=O) groups is 1. The predicted molar refractivity (Wildman–Crippen MR) is 84.7 cm³/mol. The largest absolute Gasteiger partial charge is 0.311 e. The fraction of sp³-hybridized carbons (Fsp3) is 0.133. The van der Waals surface area contributed by atoms with E-state index in [9.17, 15) is 14.9 Å². The number of nitro groups is 1. The average molecular weight is 349 g/mol. The molecule has 2 aromatic carbocycles. The normalized spacial score (nSPS) is 10.2. The first-order valence-corrected chi connectivity index (χ1v) is 6.98. The number of benzene rings is 2. The predicted octanol–water partition coefficient (Wildman–Crippen LogP) is 3.94. The van der Waals surface area contributed by atoms with E-state index in [1.54, 1.807) is 13.1 Å². The Morgan fingerprint density at radius 3 is 2.38 bits per heavy atom. The highest BCUT2D eigenvalue weighted by Crippen LogP contribution is 2.29. The molecule has 0 aromatic heterocycles. The minimum absolute atomic E-state index is 0.127. The summed E-state index contributed by atoms with van der Waals surface area (Å²) in [5.41, 5.74) is 1.95. The van der Waals surface area contributed by atoms with Crippen molar-refractivity contribution in [1.82, 2.24) is 0 Å². The van der Waals surface area contributed by atoms with Gasteiger partial charge in [-0.25, -0.2) is 0 Å². The Kier molecular flexibility index (Phi) is 4.37. The van der Waals surface area contributed by atoms with Crippen LogP contribution in [0, 0.1) is 17.0 Å². The minimum atomic E-state index is -0.521. The van der Waals surface area contributed by atoms with Crippen LogP contribution in [-0.2, 0) is 0 Å². The fourth-order valence-corrected chi connectivity index (χ4v) is 2.47. The maximum Gasteiger partial charge on any atom is 0.284 e. The van der Waals surface area contributed by atoms with Crippen LogP contribution >= 0.6 is 15.9 Å². The van der Waals surface area contributed by atoms with Gasteiger partial charge in [-0.15, -0.1) is 0 Å². The zero-order valence-corrected chi connectivity index (χ0v) is 13.1. The molecule has 0 fully saturated rings. The summed E-state index contributed by atoms with van der Waals surface area (Å²) in [7, 11) is 1.64. The molecule has 0 unspecified atom stereocenters. The van der Waals surface area contributed by atoms with Crippen molar-refractivity contribution in [2.45, 2.75) is 6.92 Å². The topological polar surface area (TPSA) is 63.5 Å². The summed E-state index contributed by atoms with van der Waals surface area (Å²) in [5, 5.41) is 10.9. The van der Waals surface area contributed by atoms with Crippen LogP contribution in [0.1, 0.15) is 15.9 Å². The molecule has 0 heterocycles. The summed E-state index contributed by atoms with van der Waals surface area (Å²) >= 11 is 3.15. The van der Waals surface area contributed by atoms with Gasteiger partial charge in [0.05, 0.1) is 10.5 Å². The van der Waals surface area contributed by atoms with Gasteiger partial charge >= 0.3 is 0 Å². The van der Waals surface area contributed by atoms with Crippen LogP contribution in [0.15, 0.2) is 46.9 Å². The number of aryl methyl sites for hydroxylation is 1. The van der Waals surface area contributed by atoms with E-state index in [0.717, 1.165) is 11.3 Å². The van der Waals surface area contributed by atoms with Crippen molar-refractivity contribution >= 4 is 33.2 Å². The zero-order valence-electron chi connectivity index (χ0n) is 11.5. The van der Waals surface area contributed by atoms with E-state index in [-0.39, 0.29) is 21.6 Å². The lowest BCUT2D eigenvalue weighted by Gasteiger charge is -2.18. The Morgan fingerprint density at radius 1 is 1.19 bits per heavy atom. The first-order chi connectivity index (χ1) is 9.91. The molecule has 2 rings (SSSR count). The molecular weight excluding hydrogens is 336 g/mol. The Labute approximate surface area is 130 Å². The first-order valence-electron chi connectivity index (χ1n) is 6.19. The number of anilines is 1. The van der Waals surface area contributed by atoms with Crippen molar-refractivity contribution < 1.29 is 9.72 Å². The molecule has 0 radical (unpaired) electrons. The highest BCUT2D eigenvalue weighted by atomic mass is 79.9. The van der Waals surface area contributed by atoms with E-state index < -0.39 is 4.92 Å². The van der Waals surface area contributed by atoms with E-state index in [1.165, 1.54) is 17.0 Å². The molecule has 21 heavy (non-hydrogen) atoms. The van der Waals surface area contributed by atoms with Gasteiger partial charge in [-0.1, -0.05) is 23.8 Å². The molecule has 6 heteroatoms. The van der Waals surface area contributed by atoms with Gasteiger partial charge in [0.25, 0.3) is 11.6 Å². The highest BCUT2D eigenvalue weighted by molar-refractivity contribution is 9.10. The molecule has 2 aromatic rings. The van der Waals surface area contributed by atoms with Gasteiger partial charge in [0.2, 0.25) is 0 Å². The summed E-state index contributed by atoms with van der Waals surface area (Å²) < 4.78 is 0.193. The molecular formula is C15H13BrN2O3. The molecule has 0 N–H and O–H groups in total. The summed E-state index contributed by atoms with van der Waals surface area (Å²) in [5.74, 6) is -0.311. The van der Waals surface area contributed by atoms with Crippen LogP contribution in [0.25, 0.3) is 0 Å². The Bertz CT molecular complexity index is 699. The van der Waals surface area contributed by atoms with Crippen LogP contribution < -0.4 is 4.90 Å². The number of carbonyl (C=O) groups excluding carboxylic acids is 1. The molecule has 108 valence electrons. The van der Waals surface area contributed by atoms with Crippen molar-refractivity contribution in [3.63, 3.8) is 0 Å². The van der Waals surface area contributed by atoms with Crippen LogP contribution in [0.3, 0.4) is 0 Å². The average Bonchev–Trinajstić information content (AvgIpc) is 2.46. The summed E-state index contributed by atoms with van der Waals surface area (Å²) in [4.78, 5) is 24.4. The van der Waals surface area contributed by atoms with Crippen molar-refractivity contribution in [2.24, 2.45) is 0 Å². The van der Waals surface area contributed by atoms with Crippen molar-refractivity contribution in [2.75, 3.05) is 11.9 Å². The monoisotopic (exact) mass is 348 g/mol. The van der Waals surface area contributed by atoms with Gasteiger partial charge in [-0.3, -0.25) is 14.9 Å². The van der Waals surface area contributed by atoms with Gasteiger partial charge in [0, 0.05) is 18.8 Å². The molecule has 0 saturated carbocycles. The molecule has 0 aliphatic carbocycles. The van der Waals surface area contributed by atoms with E-state index in [1.807, 2.05) is 31.2 Å². The third-order valence-corrected chi connectivity index (χ3v) is 3.96. The van der Waals surface area contributed by atoms with E-state index >= 15 is 0 Å². The molecule has 5 nitrogen and oxygen atoms in total. The SMILES string of the molecule is Cc1ccc(N(C)C(=O)c2cccc([N+](=O)[O-])c2Br)cc1. The molecule has 0 saturated heterocycles. The van der Waals surface area contributed by atoms with Crippen LogP contribution in [0.2, 0.25) is 0 Å². The van der Waals surface area contributed by atoms with Gasteiger partial charge in [0.1, 0.15) is 4.47 Å². The second-order valence-electron chi connectivity index (χ2n) is 4.60. The number of hydrogen-bond donors (Lipinski definition) is 0. The van der Waals surface area contributed by atoms with Crippen molar-refractivity contribution in [3.8, 4) is 0 Å². The number of rotatable bonds is 3. The number of amides is 1. The summed E-state index contributed by atoms with van der Waals surface area (Å²) in [6, 6.07) is 11.9. The van der Waals surface area contributed by atoms with Crippen molar-refractivity contribution in [3.05, 3.63) is 68.2 Å². The van der Waals surface area contributed by atoms with E-state index in [2.05, 4.69) is 15.9 Å². The second kappa shape index (κ2) is 6.05. The van der Waals surface area contributed by atoms with Crippen LogP contribution in [-0.4, -0.2) is 17.9 Å². The van der Waals surface area contributed by atoms with E-state index in [0.29, 0.717) is 0 Å². The lowest BCUT2D eigenvalue weighted by atomic mass is 10.1.